The molecule has 3 rings (SSSR count). The van der Waals surface area contributed by atoms with Crippen LogP contribution in [-0.2, 0) is 26.2 Å². The van der Waals surface area contributed by atoms with E-state index < -0.39 is 28.5 Å². The zero-order valence-electron chi connectivity index (χ0n) is 24.8. The Morgan fingerprint density at radius 1 is 0.951 bits per heavy atom. The monoisotopic (exact) mass is 579 g/mol. The topological polar surface area (TPSA) is 96.0 Å². The van der Waals surface area contributed by atoms with Gasteiger partial charge in [0.25, 0.3) is 10.0 Å². The van der Waals surface area contributed by atoms with E-state index in [2.05, 4.69) is 5.32 Å². The molecule has 0 saturated heterocycles. The van der Waals surface area contributed by atoms with Gasteiger partial charge >= 0.3 is 0 Å². The van der Waals surface area contributed by atoms with Gasteiger partial charge in [0.1, 0.15) is 18.3 Å². The average Bonchev–Trinajstić information content (AvgIpc) is 2.95. The molecule has 2 amide bonds. The Kier molecular flexibility index (Phi) is 10.9. The van der Waals surface area contributed by atoms with E-state index >= 15 is 0 Å². The summed E-state index contributed by atoms with van der Waals surface area (Å²) in [7, 11) is -2.53. The van der Waals surface area contributed by atoms with E-state index in [4.69, 9.17) is 4.74 Å². The molecule has 0 fully saturated rings. The second-order valence-electron chi connectivity index (χ2n) is 10.5. The lowest BCUT2D eigenvalue weighted by Crippen LogP contribution is -2.52. The second-order valence-corrected chi connectivity index (χ2v) is 12.4. The maximum Gasteiger partial charge on any atom is 0.264 e. The van der Waals surface area contributed by atoms with Crippen molar-refractivity contribution in [3.63, 3.8) is 0 Å². The van der Waals surface area contributed by atoms with Crippen LogP contribution in [0.15, 0.2) is 77.7 Å². The SMILES string of the molecule is CCC(C(=O)NCC(C)C)N(Cc1ccc(OC)cc1)C(=O)CN(c1ccc(C)cc1C)S(=O)(=O)c1ccccc1. The molecule has 0 aliphatic heterocycles. The number of aryl methyl sites for hydroxylation is 2. The molecular weight excluding hydrogens is 538 g/mol. The van der Waals surface area contributed by atoms with Crippen molar-refractivity contribution in [2.75, 3.05) is 24.5 Å². The summed E-state index contributed by atoms with van der Waals surface area (Å²) in [6.45, 7) is 9.72. The lowest BCUT2D eigenvalue weighted by atomic mass is 10.1. The minimum atomic E-state index is -4.11. The smallest absolute Gasteiger partial charge is 0.264 e. The van der Waals surface area contributed by atoms with Gasteiger partial charge in [-0.15, -0.1) is 0 Å². The first-order valence-electron chi connectivity index (χ1n) is 13.8. The number of ether oxygens (including phenoxy) is 1. The summed E-state index contributed by atoms with van der Waals surface area (Å²) in [4.78, 5) is 29.1. The number of rotatable bonds is 13. The van der Waals surface area contributed by atoms with Crippen LogP contribution in [0.2, 0.25) is 0 Å². The van der Waals surface area contributed by atoms with Crippen LogP contribution in [0, 0.1) is 19.8 Å². The van der Waals surface area contributed by atoms with Crippen LogP contribution in [0.25, 0.3) is 0 Å². The first kappa shape index (κ1) is 31.7. The highest BCUT2D eigenvalue weighted by molar-refractivity contribution is 7.92. The Morgan fingerprint density at radius 3 is 2.17 bits per heavy atom. The third kappa shape index (κ3) is 8.10. The average molecular weight is 580 g/mol. The van der Waals surface area contributed by atoms with E-state index in [1.54, 1.807) is 43.5 Å². The number of anilines is 1. The van der Waals surface area contributed by atoms with Gasteiger partial charge in [0.2, 0.25) is 11.8 Å². The molecule has 1 unspecified atom stereocenters. The minimum Gasteiger partial charge on any atom is -0.497 e. The zero-order chi connectivity index (χ0) is 30.2. The molecule has 9 heteroatoms. The lowest BCUT2D eigenvalue weighted by molar-refractivity contribution is -0.140. The Hall–Kier alpha value is -3.85. The number of nitrogens with zero attached hydrogens (tertiary/aromatic N) is 2. The molecule has 220 valence electrons. The number of hydrogen-bond acceptors (Lipinski definition) is 5. The number of benzene rings is 3. The molecule has 0 radical (unpaired) electrons. The van der Waals surface area contributed by atoms with E-state index in [1.165, 1.54) is 17.0 Å². The number of nitrogens with one attached hydrogen (secondary N) is 1. The van der Waals surface area contributed by atoms with E-state index in [1.807, 2.05) is 58.9 Å². The van der Waals surface area contributed by atoms with Gasteiger partial charge in [-0.05, 0) is 67.6 Å². The van der Waals surface area contributed by atoms with Crippen molar-refractivity contribution in [3.8, 4) is 5.75 Å². The van der Waals surface area contributed by atoms with Gasteiger partial charge in [-0.2, -0.15) is 0 Å². The van der Waals surface area contributed by atoms with Crippen LogP contribution in [0.4, 0.5) is 5.69 Å². The normalized spacial score (nSPS) is 12.1. The number of carbonyl (C=O) groups excluding carboxylic acids is 2. The molecule has 0 bridgehead atoms. The molecule has 0 saturated carbocycles. The summed E-state index contributed by atoms with van der Waals surface area (Å²) in [5, 5.41) is 2.94. The fourth-order valence-electron chi connectivity index (χ4n) is 4.59. The van der Waals surface area contributed by atoms with Crippen LogP contribution in [-0.4, -0.2) is 51.4 Å². The van der Waals surface area contributed by atoms with Crippen LogP contribution in [0.5, 0.6) is 5.75 Å². The summed E-state index contributed by atoms with van der Waals surface area (Å²) in [5.74, 6) is 0.153. The summed E-state index contributed by atoms with van der Waals surface area (Å²) >= 11 is 0. The fourth-order valence-corrected chi connectivity index (χ4v) is 6.09. The predicted octanol–water partition coefficient (Wildman–Crippen LogP) is 5.09. The van der Waals surface area contributed by atoms with Crippen molar-refractivity contribution in [2.24, 2.45) is 5.92 Å². The van der Waals surface area contributed by atoms with Gasteiger partial charge in [-0.3, -0.25) is 13.9 Å². The van der Waals surface area contributed by atoms with Gasteiger partial charge in [0.15, 0.2) is 0 Å². The van der Waals surface area contributed by atoms with Crippen LogP contribution >= 0.6 is 0 Å². The van der Waals surface area contributed by atoms with Crippen molar-refractivity contribution < 1.29 is 22.7 Å². The number of sulfonamides is 1. The molecule has 41 heavy (non-hydrogen) atoms. The molecular formula is C32H41N3O5S. The highest BCUT2D eigenvalue weighted by Gasteiger charge is 2.34. The van der Waals surface area contributed by atoms with Gasteiger partial charge in [0.05, 0.1) is 17.7 Å². The standard InChI is InChI=1S/C32H41N3O5S/c1-7-29(32(37)33-20-23(2)3)34(21-26-14-16-27(40-6)17-15-26)31(36)22-35(30-18-13-24(4)19-25(30)5)41(38,39)28-11-9-8-10-12-28/h8-19,23,29H,7,20-22H2,1-6H3,(H,33,37). The van der Waals surface area contributed by atoms with Gasteiger partial charge in [-0.25, -0.2) is 8.42 Å². The Bertz CT molecular complexity index is 1420. The number of carbonyl (C=O) groups is 2. The van der Waals surface area contributed by atoms with E-state index in [0.29, 0.717) is 24.4 Å². The summed E-state index contributed by atoms with van der Waals surface area (Å²) in [6.07, 6.45) is 0.362. The molecule has 0 aromatic heterocycles. The first-order chi connectivity index (χ1) is 19.5. The first-order valence-corrected chi connectivity index (χ1v) is 15.3. The van der Waals surface area contributed by atoms with Gasteiger partial charge in [0, 0.05) is 13.1 Å². The van der Waals surface area contributed by atoms with Crippen molar-refractivity contribution in [2.45, 2.75) is 58.5 Å². The van der Waals surface area contributed by atoms with Crippen molar-refractivity contribution >= 4 is 27.5 Å². The predicted molar refractivity (Wildman–Crippen MR) is 162 cm³/mol. The molecule has 0 aliphatic rings. The van der Waals surface area contributed by atoms with E-state index in [9.17, 15) is 18.0 Å². The molecule has 3 aromatic carbocycles. The maximum absolute atomic E-state index is 14.2. The van der Waals surface area contributed by atoms with Crippen molar-refractivity contribution in [3.05, 3.63) is 89.5 Å². The summed E-state index contributed by atoms with van der Waals surface area (Å²) < 4.78 is 34.4. The van der Waals surface area contributed by atoms with Crippen molar-refractivity contribution in [1.82, 2.24) is 10.2 Å². The second kappa shape index (κ2) is 14.2. The fraction of sp³-hybridized carbons (Fsp3) is 0.375. The molecule has 8 nitrogen and oxygen atoms in total. The van der Waals surface area contributed by atoms with Crippen LogP contribution in [0.3, 0.4) is 0 Å². The third-order valence-corrected chi connectivity index (χ3v) is 8.59. The lowest BCUT2D eigenvalue weighted by Gasteiger charge is -2.33. The minimum absolute atomic E-state index is 0.0798. The van der Waals surface area contributed by atoms with Gasteiger partial charge in [-0.1, -0.05) is 68.8 Å². The Morgan fingerprint density at radius 2 is 1.61 bits per heavy atom. The van der Waals surface area contributed by atoms with Crippen LogP contribution in [0.1, 0.15) is 43.9 Å². The highest BCUT2D eigenvalue weighted by atomic mass is 32.2. The Balaban J connectivity index is 2.06. The molecule has 0 aliphatic carbocycles. The maximum atomic E-state index is 14.2. The van der Waals surface area contributed by atoms with E-state index in [-0.39, 0.29) is 23.3 Å². The number of hydrogen-bond donors (Lipinski definition) is 1. The number of amides is 2. The molecule has 0 spiro atoms. The molecule has 1 N–H and O–H groups in total. The third-order valence-electron chi connectivity index (χ3n) is 6.81. The van der Waals surface area contributed by atoms with Crippen LogP contribution < -0.4 is 14.4 Å². The van der Waals surface area contributed by atoms with E-state index in [0.717, 1.165) is 21.0 Å². The number of methoxy groups -OCH3 is 1. The Labute approximate surface area is 244 Å². The molecule has 0 heterocycles. The van der Waals surface area contributed by atoms with Crippen molar-refractivity contribution in [1.29, 1.82) is 0 Å². The highest BCUT2D eigenvalue weighted by Crippen LogP contribution is 2.28. The van der Waals surface area contributed by atoms with Gasteiger partial charge < -0.3 is 15.0 Å². The quantitative estimate of drug-likeness (QED) is 0.305. The molecule has 1 atom stereocenters. The largest absolute Gasteiger partial charge is 0.497 e. The summed E-state index contributed by atoms with van der Waals surface area (Å²) in [5.41, 5.74) is 2.90. The summed E-state index contributed by atoms with van der Waals surface area (Å²) in [6, 6.07) is 20.0. The molecule has 3 aromatic rings. The zero-order valence-corrected chi connectivity index (χ0v) is 25.6.